The van der Waals surface area contributed by atoms with Gasteiger partial charge in [0.1, 0.15) is 5.03 Å². The molecule has 1 fully saturated rings. The fourth-order valence-electron chi connectivity index (χ4n) is 2.87. The molecule has 0 atom stereocenters. The second-order valence-corrected chi connectivity index (χ2v) is 7.13. The SMILES string of the molecule is CC=Cc1cn2c(-c3ccc(C(=O)NC4CC4)cc3)cnc2c(SC)n1. The number of thioether (sulfide) groups is 1. The Morgan fingerprint density at radius 3 is 2.73 bits per heavy atom. The highest BCUT2D eigenvalue weighted by molar-refractivity contribution is 7.98. The Morgan fingerprint density at radius 2 is 2.08 bits per heavy atom. The zero-order valence-electron chi connectivity index (χ0n) is 14.8. The number of hydrogen-bond donors (Lipinski definition) is 1. The van der Waals surface area contributed by atoms with Crippen LogP contribution in [0.4, 0.5) is 0 Å². The van der Waals surface area contributed by atoms with E-state index in [1.54, 1.807) is 11.8 Å². The van der Waals surface area contributed by atoms with E-state index in [2.05, 4.69) is 19.7 Å². The van der Waals surface area contributed by atoms with Crippen molar-refractivity contribution in [3.05, 3.63) is 54.0 Å². The number of carbonyl (C=O) groups excluding carboxylic acids is 1. The molecule has 1 saturated carbocycles. The lowest BCUT2D eigenvalue weighted by atomic mass is 10.1. The monoisotopic (exact) mass is 364 g/mol. The summed E-state index contributed by atoms with van der Waals surface area (Å²) in [4.78, 5) is 21.3. The molecule has 0 bridgehead atoms. The van der Waals surface area contributed by atoms with Crippen LogP contribution in [0.3, 0.4) is 0 Å². The Morgan fingerprint density at radius 1 is 1.31 bits per heavy atom. The fourth-order valence-corrected chi connectivity index (χ4v) is 3.40. The van der Waals surface area contributed by atoms with Gasteiger partial charge in [0.05, 0.1) is 17.6 Å². The third kappa shape index (κ3) is 3.24. The van der Waals surface area contributed by atoms with Crippen LogP contribution in [0.15, 0.2) is 47.8 Å². The summed E-state index contributed by atoms with van der Waals surface area (Å²) in [6.45, 7) is 1.98. The number of nitrogens with one attached hydrogen (secondary N) is 1. The summed E-state index contributed by atoms with van der Waals surface area (Å²) in [7, 11) is 0. The molecule has 0 aliphatic heterocycles. The molecule has 132 valence electrons. The van der Waals surface area contributed by atoms with Crippen molar-refractivity contribution in [2.75, 3.05) is 6.26 Å². The van der Waals surface area contributed by atoms with Crippen LogP contribution in [0, 0.1) is 0 Å². The number of fused-ring (bicyclic) bond motifs is 1. The van der Waals surface area contributed by atoms with Crippen LogP contribution in [0.2, 0.25) is 0 Å². The summed E-state index contributed by atoms with van der Waals surface area (Å²) in [5, 5.41) is 3.91. The molecule has 26 heavy (non-hydrogen) atoms. The second-order valence-electron chi connectivity index (χ2n) is 6.34. The summed E-state index contributed by atoms with van der Waals surface area (Å²) < 4.78 is 2.06. The van der Waals surface area contributed by atoms with E-state index in [9.17, 15) is 4.79 Å². The number of rotatable bonds is 5. The number of aromatic nitrogens is 3. The predicted octanol–water partition coefficient (Wildman–Crippen LogP) is 4.04. The van der Waals surface area contributed by atoms with E-state index in [0.29, 0.717) is 11.6 Å². The maximum absolute atomic E-state index is 12.2. The van der Waals surface area contributed by atoms with Gasteiger partial charge < -0.3 is 5.32 Å². The molecule has 1 N–H and O–H groups in total. The first-order valence-electron chi connectivity index (χ1n) is 8.65. The van der Waals surface area contributed by atoms with Crippen LogP contribution in [-0.2, 0) is 0 Å². The first-order chi connectivity index (χ1) is 12.7. The van der Waals surface area contributed by atoms with Crippen molar-refractivity contribution in [1.29, 1.82) is 0 Å². The van der Waals surface area contributed by atoms with Gasteiger partial charge in [0.15, 0.2) is 5.65 Å². The molecular formula is C20H20N4OS. The van der Waals surface area contributed by atoms with E-state index in [1.165, 1.54) is 0 Å². The van der Waals surface area contributed by atoms with Gasteiger partial charge in [-0.15, -0.1) is 11.8 Å². The predicted molar refractivity (Wildman–Crippen MR) is 105 cm³/mol. The normalized spacial score (nSPS) is 14.2. The Hall–Kier alpha value is -2.60. The Balaban J connectivity index is 1.71. The van der Waals surface area contributed by atoms with Crippen molar-refractivity contribution < 1.29 is 4.79 Å². The lowest BCUT2D eigenvalue weighted by Crippen LogP contribution is -2.25. The van der Waals surface area contributed by atoms with Crippen molar-refractivity contribution in [2.24, 2.45) is 0 Å². The van der Waals surface area contributed by atoms with Crippen LogP contribution in [0.1, 0.15) is 35.8 Å². The van der Waals surface area contributed by atoms with Gasteiger partial charge in [-0.3, -0.25) is 9.20 Å². The fraction of sp³-hybridized carbons (Fsp3) is 0.250. The summed E-state index contributed by atoms with van der Waals surface area (Å²) in [6.07, 6.45) is 12.0. The minimum atomic E-state index is 0.00132. The molecule has 0 spiro atoms. The minimum Gasteiger partial charge on any atom is -0.349 e. The lowest BCUT2D eigenvalue weighted by Gasteiger charge is -2.07. The summed E-state index contributed by atoms with van der Waals surface area (Å²) in [6, 6.07) is 8.05. The van der Waals surface area contributed by atoms with Gasteiger partial charge in [-0.25, -0.2) is 9.97 Å². The van der Waals surface area contributed by atoms with Crippen LogP contribution < -0.4 is 5.32 Å². The highest BCUT2D eigenvalue weighted by Gasteiger charge is 2.23. The molecular weight excluding hydrogens is 344 g/mol. The van der Waals surface area contributed by atoms with Crippen molar-refractivity contribution in [3.8, 4) is 11.3 Å². The number of hydrogen-bond acceptors (Lipinski definition) is 4. The van der Waals surface area contributed by atoms with Crippen molar-refractivity contribution in [2.45, 2.75) is 30.8 Å². The van der Waals surface area contributed by atoms with E-state index in [0.717, 1.165) is 40.5 Å². The minimum absolute atomic E-state index is 0.00132. The molecule has 1 aromatic carbocycles. The largest absolute Gasteiger partial charge is 0.349 e. The number of benzene rings is 1. The molecule has 0 saturated heterocycles. The molecule has 6 heteroatoms. The van der Waals surface area contributed by atoms with E-state index in [4.69, 9.17) is 0 Å². The Bertz CT molecular complexity index is 987. The van der Waals surface area contributed by atoms with Gasteiger partial charge in [-0.05, 0) is 44.2 Å². The number of nitrogens with zero attached hydrogens (tertiary/aromatic N) is 3. The quantitative estimate of drug-likeness (QED) is 0.694. The van der Waals surface area contributed by atoms with Crippen molar-refractivity contribution in [3.63, 3.8) is 0 Å². The molecule has 2 aromatic heterocycles. The molecule has 2 heterocycles. The molecule has 1 aliphatic rings. The third-order valence-electron chi connectivity index (χ3n) is 4.37. The number of carbonyl (C=O) groups is 1. The van der Waals surface area contributed by atoms with Gasteiger partial charge in [0.2, 0.25) is 0 Å². The van der Waals surface area contributed by atoms with E-state index < -0.39 is 0 Å². The van der Waals surface area contributed by atoms with Crippen LogP contribution in [0.25, 0.3) is 23.0 Å². The number of allylic oxidation sites excluding steroid dienone is 1. The topological polar surface area (TPSA) is 59.3 Å². The molecule has 3 aromatic rings. The molecule has 5 nitrogen and oxygen atoms in total. The van der Waals surface area contributed by atoms with Crippen molar-refractivity contribution >= 4 is 29.4 Å². The highest BCUT2D eigenvalue weighted by atomic mass is 32.2. The first-order valence-corrected chi connectivity index (χ1v) is 9.88. The Kier molecular flexibility index (Phi) is 4.51. The van der Waals surface area contributed by atoms with Gasteiger partial charge in [-0.2, -0.15) is 0 Å². The summed E-state index contributed by atoms with van der Waals surface area (Å²) >= 11 is 1.58. The smallest absolute Gasteiger partial charge is 0.251 e. The number of amides is 1. The van der Waals surface area contributed by atoms with Crippen LogP contribution >= 0.6 is 11.8 Å². The number of imidazole rings is 1. The highest BCUT2D eigenvalue weighted by Crippen LogP contribution is 2.26. The standard InChI is InChI=1S/C20H20N4OS/c1-3-4-16-12-24-17(11-21-18(24)20(23-16)26-2)13-5-7-14(8-6-13)19(25)22-15-9-10-15/h3-8,11-12,15H,9-10H2,1-2H3,(H,22,25). The maximum Gasteiger partial charge on any atom is 0.251 e. The lowest BCUT2D eigenvalue weighted by molar-refractivity contribution is 0.0951. The second kappa shape index (κ2) is 6.96. The van der Waals surface area contributed by atoms with Gasteiger partial charge in [0, 0.05) is 23.4 Å². The van der Waals surface area contributed by atoms with E-state index in [-0.39, 0.29) is 5.91 Å². The zero-order chi connectivity index (χ0) is 18.1. The molecule has 0 unspecified atom stereocenters. The van der Waals surface area contributed by atoms with Crippen molar-refractivity contribution in [1.82, 2.24) is 19.7 Å². The molecule has 0 radical (unpaired) electrons. The van der Waals surface area contributed by atoms with Gasteiger partial charge >= 0.3 is 0 Å². The van der Waals surface area contributed by atoms with Gasteiger partial charge in [-0.1, -0.05) is 18.2 Å². The van der Waals surface area contributed by atoms with Crippen LogP contribution in [-0.4, -0.2) is 32.6 Å². The van der Waals surface area contributed by atoms with E-state index in [1.807, 2.05) is 62.0 Å². The first kappa shape index (κ1) is 16.8. The third-order valence-corrected chi connectivity index (χ3v) is 5.03. The summed E-state index contributed by atoms with van der Waals surface area (Å²) in [5.41, 5.74) is 4.43. The molecule has 4 rings (SSSR count). The average Bonchev–Trinajstić information content (AvgIpc) is 3.37. The van der Waals surface area contributed by atoms with Gasteiger partial charge in [0.25, 0.3) is 5.91 Å². The summed E-state index contributed by atoms with van der Waals surface area (Å²) in [5.74, 6) is 0.00132. The van der Waals surface area contributed by atoms with E-state index >= 15 is 0 Å². The Labute approximate surface area is 156 Å². The molecule has 1 aliphatic carbocycles. The zero-order valence-corrected chi connectivity index (χ0v) is 15.6. The average molecular weight is 364 g/mol. The molecule has 1 amide bonds. The van der Waals surface area contributed by atoms with Crippen LogP contribution in [0.5, 0.6) is 0 Å². The maximum atomic E-state index is 12.2.